The Balaban J connectivity index is 2.80. The third kappa shape index (κ3) is 1.03. The number of nitrogens with zero attached hydrogens (tertiary/aromatic N) is 4. The monoisotopic (exact) mass is 178 g/mol. The van der Waals surface area contributed by atoms with Crippen LogP contribution in [0.1, 0.15) is 16.1 Å². The van der Waals surface area contributed by atoms with Crippen molar-refractivity contribution in [1.29, 1.82) is 0 Å². The van der Waals surface area contributed by atoms with E-state index in [1.54, 1.807) is 6.92 Å². The summed E-state index contributed by atoms with van der Waals surface area (Å²) >= 11 is 0. The molecule has 0 aliphatic rings. The lowest BCUT2D eigenvalue weighted by molar-refractivity contribution is 0.0695. The summed E-state index contributed by atoms with van der Waals surface area (Å²) in [5.74, 6) is -1.01. The molecule has 0 aliphatic heterocycles. The molecule has 2 rings (SSSR count). The molecule has 0 aliphatic carbocycles. The molecule has 2 aromatic rings. The van der Waals surface area contributed by atoms with Gasteiger partial charge in [-0.2, -0.15) is 4.52 Å². The van der Waals surface area contributed by atoms with Crippen molar-refractivity contribution in [3.8, 4) is 0 Å². The van der Waals surface area contributed by atoms with Crippen LogP contribution in [0.3, 0.4) is 0 Å². The van der Waals surface area contributed by atoms with Crippen molar-refractivity contribution in [3.05, 3.63) is 23.7 Å². The average Bonchev–Trinajstić information content (AvgIpc) is 2.52. The van der Waals surface area contributed by atoms with Crippen molar-refractivity contribution in [2.45, 2.75) is 6.92 Å². The first-order valence-electron chi connectivity index (χ1n) is 3.59. The molecule has 0 bridgehead atoms. The van der Waals surface area contributed by atoms with Crippen LogP contribution in [0.2, 0.25) is 0 Å². The third-order valence-electron chi connectivity index (χ3n) is 1.80. The molecule has 0 spiro atoms. The maximum absolute atomic E-state index is 10.7. The van der Waals surface area contributed by atoms with Gasteiger partial charge in [-0.25, -0.2) is 9.78 Å². The first-order chi connectivity index (χ1) is 6.20. The minimum Gasteiger partial charge on any atom is -0.478 e. The second kappa shape index (κ2) is 2.51. The van der Waals surface area contributed by atoms with Crippen LogP contribution in [0.5, 0.6) is 0 Å². The van der Waals surface area contributed by atoms with E-state index < -0.39 is 5.97 Å². The number of carboxylic acids is 1. The lowest BCUT2D eigenvalue weighted by Crippen LogP contribution is -2.06. The summed E-state index contributed by atoms with van der Waals surface area (Å²) in [6, 6.07) is 0. The number of hydrogen-bond acceptors (Lipinski definition) is 4. The van der Waals surface area contributed by atoms with Crippen LogP contribution in [0.4, 0.5) is 0 Å². The summed E-state index contributed by atoms with van der Waals surface area (Å²) in [7, 11) is 0. The highest BCUT2D eigenvalue weighted by Crippen LogP contribution is 2.07. The van der Waals surface area contributed by atoms with Gasteiger partial charge in [-0.1, -0.05) is 5.21 Å². The zero-order valence-electron chi connectivity index (χ0n) is 6.80. The fraction of sp³-hybridized carbons (Fsp3) is 0.143. The molecule has 0 radical (unpaired) electrons. The molecule has 2 aromatic heterocycles. The zero-order chi connectivity index (χ0) is 9.42. The van der Waals surface area contributed by atoms with Gasteiger partial charge in [0.2, 0.25) is 0 Å². The van der Waals surface area contributed by atoms with E-state index in [9.17, 15) is 4.79 Å². The van der Waals surface area contributed by atoms with Crippen molar-refractivity contribution >= 4 is 11.6 Å². The van der Waals surface area contributed by atoms with Crippen molar-refractivity contribution in [1.82, 2.24) is 19.8 Å². The number of aromatic nitrogens is 4. The predicted octanol–water partition coefficient (Wildman–Crippen LogP) is 0.131. The van der Waals surface area contributed by atoms with E-state index in [4.69, 9.17) is 5.11 Å². The molecule has 6 nitrogen and oxygen atoms in total. The van der Waals surface area contributed by atoms with E-state index in [-0.39, 0.29) is 5.56 Å². The van der Waals surface area contributed by atoms with Gasteiger partial charge in [0.15, 0.2) is 5.65 Å². The minimum atomic E-state index is -1.01. The fourth-order valence-electron chi connectivity index (χ4n) is 1.10. The fourth-order valence-corrected chi connectivity index (χ4v) is 1.10. The predicted molar refractivity (Wildman–Crippen MR) is 42.5 cm³/mol. The lowest BCUT2D eigenvalue weighted by Gasteiger charge is -2.00. The quantitative estimate of drug-likeness (QED) is 0.671. The van der Waals surface area contributed by atoms with E-state index in [1.165, 1.54) is 16.9 Å². The van der Waals surface area contributed by atoms with Crippen molar-refractivity contribution in [2.75, 3.05) is 0 Å². The van der Waals surface area contributed by atoms with Crippen LogP contribution in [0, 0.1) is 6.92 Å². The summed E-state index contributed by atoms with van der Waals surface area (Å²) in [4.78, 5) is 14.6. The molecule has 6 heteroatoms. The number of aryl methyl sites for hydroxylation is 1. The number of rotatable bonds is 1. The molecule has 2 heterocycles. The van der Waals surface area contributed by atoms with Crippen LogP contribution < -0.4 is 0 Å². The second-order valence-electron chi connectivity index (χ2n) is 2.57. The smallest absolute Gasteiger partial charge is 0.339 e. The molecule has 0 saturated heterocycles. The Morgan fingerprint density at radius 2 is 2.31 bits per heavy atom. The van der Waals surface area contributed by atoms with E-state index in [2.05, 4.69) is 15.3 Å². The van der Waals surface area contributed by atoms with E-state index >= 15 is 0 Å². The normalized spacial score (nSPS) is 10.5. The highest BCUT2D eigenvalue weighted by molar-refractivity contribution is 5.88. The van der Waals surface area contributed by atoms with Crippen LogP contribution >= 0.6 is 0 Å². The van der Waals surface area contributed by atoms with Gasteiger partial charge in [0.25, 0.3) is 0 Å². The number of hydrogen-bond donors (Lipinski definition) is 1. The maximum atomic E-state index is 10.7. The lowest BCUT2D eigenvalue weighted by atomic mass is 10.2. The standard InChI is InChI=1S/C7H6N4O2/c1-4-5(7(12)13)2-8-6-3-9-10-11(4)6/h2-3H,1H3,(H,12,13). The molecular formula is C7H6N4O2. The number of carboxylic acid groups (broad SMARTS) is 1. The molecular weight excluding hydrogens is 172 g/mol. The van der Waals surface area contributed by atoms with Crippen LogP contribution in [0.25, 0.3) is 5.65 Å². The summed E-state index contributed by atoms with van der Waals surface area (Å²) in [5, 5.41) is 16.1. The molecule has 66 valence electrons. The van der Waals surface area contributed by atoms with Crippen molar-refractivity contribution < 1.29 is 9.90 Å². The average molecular weight is 178 g/mol. The first-order valence-corrected chi connectivity index (χ1v) is 3.59. The Hall–Kier alpha value is -1.98. The van der Waals surface area contributed by atoms with Gasteiger partial charge >= 0.3 is 5.97 Å². The van der Waals surface area contributed by atoms with Crippen LogP contribution in [0.15, 0.2) is 12.4 Å². The largest absolute Gasteiger partial charge is 0.478 e. The van der Waals surface area contributed by atoms with E-state index in [1.807, 2.05) is 0 Å². The number of carbonyl (C=O) groups is 1. The molecule has 13 heavy (non-hydrogen) atoms. The summed E-state index contributed by atoms with van der Waals surface area (Å²) in [5.41, 5.74) is 1.20. The van der Waals surface area contributed by atoms with Gasteiger partial charge in [-0.15, -0.1) is 5.10 Å². The summed E-state index contributed by atoms with van der Waals surface area (Å²) in [6.45, 7) is 1.66. The van der Waals surface area contributed by atoms with Crippen molar-refractivity contribution in [3.63, 3.8) is 0 Å². The Morgan fingerprint density at radius 3 is 3.00 bits per heavy atom. The summed E-state index contributed by atoms with van der Waals surface area (Å²) < 4.78 is 1.39. The van der Waals surface area contributed by atoms with Gasteiger partial charge in [-0.3, -0.25) is 0 Å². The molecule has 0 unspecified atom stereocenters. The van der Waals surface area contributed by atoms with Crippen LogP contribution in [-0.2, 0) is 0 Å². The Labute approximate surface area is 72.8 Å². The maximum Gasteiger partial charge on any atom is 0.339 e. The highest BCUT2D eigenvalue weighted by Gasteiger charge is 2.11. The zero-order valence-corrected chi connectivity index (χ0v) is 6.80. The first kappa shape index (κ1) is 7.66. The molecule has 0 atom stereocenters. The Morgan fingerprint density at radius 1 is 1.54 bits per heavy atom. The SMILES string of the molecule is Cc1c(C(=O)O)cnc2cnnn12. The van der Waals surface area contributed by atoms with Gasteiger partial charge in [-0.05, 0) is 6.92 Å². The van der Waals surface area contributed by atoms with Gasteiger partial charge in [0.05, 0.1) is 17.5 Å². The van der Waals surface area contributed by atoms with Crippen LogP contribution in [-0.4, -0.2) is 30.9 Å². The summed E-state index contributed by atoms with van der Waals surface area (Å²) in [6.07, 6.45) is 2.77. The van der Waals surface area contributed by atoms with Gasteiger partial charge in [0, 0.05) is 6.20 Å². The molecule has 1 N–H and O–H groups in total. The Kier molecular flexibility index (Phi) is 1.48. The van der Waals surface area contributed by atoms with Gasteiger partial charge < -0.3 is 5.11 Å². The molecule has 0 fully saturated rings. The highest BCUT2D eigenvalue weighted by atomic mass is 16.4. The van der Waals surface area contributed by atoms with E-state index in [0.29, 0.717) is 11.3 Å². The number of aromatic carboxylic acids is 1. The topological polar surface area (TPSA) is 80.4 Å². The minimum absolute atomic E-state index is 0.137. The third-order valence-corrected chi connectivity index (χ3v) is 1.80. The molecule has 0 amide bonds. The van der Waals surface area contributed by atoms with Gasteiger partial charge in [0.1, 0.15) is 0 Å². The molecule has 0 saturated carbocycles. The van der Waals surface area contributed by atoms with E-state index in [0.717, 1.165) is 0 Å². The van der Waals surface area contributed by atoms with Crippen molar-refractivity contribution in [2.24, 2.45) is 0 Å². The molecule has 0 aromatic carbocycles. The second-order valence-corrected chi connectivity index (χ2v) is 2.57. The number of fused-ring (bicyclic) bond motifs is 1. The Bertz CT molecular complexity index is 476.